The van der Waals surface area contributed by atoms with Crippen LogP contribution in [0.5, 0.6) is 0 Å². The third-order valence-corrected chi connectivity index (χ3v) is 6.57. The molecule has 0 unspecified atom stereocenters. The van der Waals surface area contributed by atoms with Crippen molar-refractivity contribution in [1.29, 1.82) is 0 Å². The van der Waals surface area contributed by atoms with Crippen molar-refractivity contribution in [3.8, 4) is 10.4 Å². The van der Waals surface area contributed by atoms with E-state index in [2.05, 4.69) is 15.3 Å². The van der Waals surface area contributed by atoms with Gasteiger partial charge in [-0.25, -0.2) is 14.8 Å². The normalized spacial score (nSPS) is 13.5. The highest BCUT2D eigenvalue weighted by molar-refractivity contribution is 7.15. The quantitative estimate of drug-likeness (QED) is 0.217. The summed E-state index contributed by atoms with van der Waals surface area (Å²) in [6.07, 6.45) is -3.64. The number of amides is 1. The molecule has 2 aromatic heterocycles. The van der Waals surface area contributed by atoms with Crippen molar-refractivity contribution in [3.63, 3.8) is 0 Å². The van der Waals surface area contributed by atoms with Gasteiger partial charge in [-0.15, -0.1) is 11.3 Å². The number of pyridine rings is 1. The molecule has 0 aliphatic heterocycles. The fraction of sp³-hybridized carbons (Fsp3) is 0.208. The van der Waals surface area contributed by atoms with Crippen LogP contribution in [0.3, 0.4) is 0 Å². The topological polar surface area (TPSA) is 95.3 Å². The monoisotopic (exact) mass is 505 g/mol. The molecule has 3 N–H and O–H groups in total. The van der Waals surface area contributed by atoms with E-state index in [4.69, 9.17) is 0 Å². The maximum Gasteiger partial charge on any atom is 0.416 e. The van der Waals surface area contributed by atoms with Crippen LogP contribution in [0.4, 0.5) is 22.4 Å². The average Bonchev–Trinajstić information content (AvgIpc) is 3.29. The van der Waals surface area contributed by atoms with E-state index in [1.807, 2.05) is 18.2 Å². The number of aliphatic hydroxyl groups is 1. The number of fused-ring (bicyclic) bond motifs is 1. The molecule has 2 atom stereocenters. The number of hydrogen-bond donors (Lipinski definition) is 3. The number of alkyl halides is 3. The van der Waals surface area contributed by atoms with Gasteiger partial charge in [-0.1, -0.05) is 24.3 Å². The van der Waals surface area contributed by atoms with Gasteiger partial charge in [0.2, 0.25) is 5.95 Å². The van der Waals surface area contributed by atoms with Crippen LogP contribution >= 0.6 is 11.3 Å². The van der Waals surface area contributed by atoms with E-state index in [9.17, 15) is 32.6 Å². The summed E-state index contributed by atoms with van der Waals surface area (Å²) in [6, 6.07) is 9.82. The molecule has 11 heteroatoms. The largest absolute Gasteiger partial charge is 0.465 e. The zero-order valence-electron chi connectivity index (χ0n) is 18.0. The number of thiazole rings is 1. The number of halogens is 4. The molecule has 4 aromatic rings. The van der Waals surface area contributed by atoms with E-state index in [-0.39, 0.29) is 12.0 Å². The molecule has 0 radical (unpaired) electrons. The number of aryl methyl sites for hydroxylation is 1. The summed E-state index contributed by atoms with van der Waals surface area (Å²) < 4.78 is 51.9. The number of rotatable bonds is 7. The molecule has 2 heterocycles. The molecule has 0 aliphatic carbocycles. The Balaban J connectivity index is 1.48. The van der Waals surface area contributed by atoms with Crippen LogP contribution in [0, 0.1) is 5.95 Å². The number of nitrogens with one attached hydrogen (secondary N) is 1. The molecule has 0 bridgehead atoms. The third kappa shape index (κ3) is 5.92. The summed E-state index contributed by atoms with van der Waals surface area (Å²) >= 11 is 1.37. The van der Waals surface area contributed by atoms with Crippen molar-refractivity contribution in [2.24, 2.45) is 0 Å². The minimum absolute atomic E-state index is 0.162. The Labute approximate surface area is 200 Å². The standard InChI is InChI=1S/C24H19F4N3O3S/c25-20-10-16-9-14(1-2-15(16)11-29-20)19-12-30-21(35-19)8-7-18(31-23(33)34)22(32)13-3-5-17(6-4-13)24(26,27)28/h1-6,9-12,18,22,31-32H,7-8H2,(H,33,34)/t18-,22-/m1/s1. The highest BCUT2D eigenvalue weighted by Crippen LogP contribution is 2.32. The lowest BCUT2D eigenvalue weighted by molar-refractivity contribution is -0.137. The summed E-state index contributed by atoms with van der Waals surface area (Å²) in [6.45, 7) is 0. The first-order chi connectivity index (χ1) is 16.6. The second kappa shape index (κ2) is 9.96. The van der Waals surface area contributed by atoms with E-state index in [1.54, 1.807) is 6.20 Å². The van der Waals surface area contributed by atoms with Gasteiger partial charge in [0.25, 0.3) is 0 Å². The molecule has 0 saturated carbocycles. The fourth-order valence-corrected chi connectivity index (χ4v) is 4.60. The Bertz CT molecular complexity index is 1340. The van der Waals surface area contributed by atoms with Crippen molar-refractivity contribution < 1.29 is 32.6 Å². The summed E-state index contributed by atoms with van der Waals surface area (Å²) in [7, 11) is 0. The van der Waals surface area contributed by atoms with Gasteiger partial charge in [-0.05, 0) is 41.1 Å². The first-order valence-electron chi connectivity index (χ1n) is 10.5. The zero-order valence-corrected chi connectivity index (χ0v) is 18.8. The second-order valence-electron chi connectivity index (χ2n) is 7.85. The predicted octanol–water partition coefficient (Wildman–Crippen LogP) is 5.82. The molecule has 0 spiro atoms. The molecule has 4 rings (SSSR count). The van der Waals surface area contributed by atoms with Gasteiger partial charge in [0.05, 0.1) is 27.6 Å². The highest BCUT2D eigenvalue weighted by Gasteiger charge is 2.31. The predicted molar refractivity (Wildman–Crippen MR) is 122 cm³/mol. The van der Waals surface area contributed by atoms with Crippen LogP contribution in [0.15, 0.2) is 60.9 Å². The summed E-state index contributed by atoms with van der Waals surface area (Å²) in [5.74, 6) is -0.580. The average molecular weight is 505 g/mol. The van der Waals surface area contributed by atoms with Gasteiger partial charge in [0.1, 0.15) is 0 Å². The number of aromatic nitrogens is 2. The fourth-order valence-electron chi connectivity index (χ4n) is 3.67. The van der Waals surface area contributed by atoms with Crippen LogP contribution in [0.2, 0.25) is 0 Å². The maximum absolute atomic E-state index is 13.5. The SMILES string of the molecule is O=C(O)N[C@H](CCc1ncc(-c2ccc3cnc(F)cc3c2)s1)[C@H](O)c1ccc(C(F)(F)F)cc1. The molecule has 6 nitrogen and oxygen atoms in total. The molecule has 2 aromatic carbocycles. The number of benzene rings is 2. The number of hydrogen-bond acceptors (Lipinski definition) is 5. The number of carbonyl (C=O) groups is 1. The van der Waals surface area contributed by atoms with Crippen molar-refractivity contribution in [1.82, 2.24) is 15.3 Å². The van der Waals surface area contributed by atoms with Gasteiger partial charge >= 0.3 is 12.3 Å². The van der Waals surface area contributed by atoms with Gasteiger partial charge in [0.15, 0.2) is 0 Å². The molecule has 0 saturated heterocycles. The van der Waals surface area contributed by atoms with E-state index in [0.29, 0.717) is 16.8 Å². The summed E-state index contributed by atoms with van der Waals surface area (Å²) in [5.41, 5.74) is 0.130. The molecule has 1 amide bonds. The number of aliphatic hydroxyl groups excluding tert-OH is 1. The Hall–Kier alpha value is -3.57. The lowest BCUT2D eigenvalue weighted by atomic mass is 9.97. The Morgan fingerprint density at radius 1 is 1.03 bits per heavy atom. The molecule has 182 valence electrons. The highest BCUT2D eigenvalue weighted by atomic mass is 32.1. The number of carboxylic acid groups (broad SMARTS) is 1. The first kappa shape index (κ1) is 24.6. The van der Waals surface area contributed by atoms with Crippen LogP contribution in [0.1, 0.15) is 28.7 Å². The Morgan fingerprint density at radius 2 is 1.77 bits per heavy atom. The molecular weight excluding hydrogens is 486 g/mol. The van der Waals surface area contributed by atoms with E-state index < -0.39 is 35.9 Å². The minimum atomic E-state index is -4.51. The molecule has 0 aliphatic rings. The smallest absolute Gasteiger partial charge is 0.416 e. The second-order valence-corrected chi connectivity index (χ2v) is 8.96. The van der Waals surface area contributed by atoms with Gasteiger partial charge in [0, 0.05) is 30.3 Å². The van der Waals surface area contributed by atoms with Gasteiger partial charge in [-0.2, -0.15) is 17.6 Å². The zero-order chi connectivity index (χ0) is 25.2. The van der Waals surface area contributed by atoms with Crippen LogP contribution in [0.25, 0.3) is 21.2 Å². The van der Waals surface area contributed by atoms with Crippen LogP contribution in [-0.4, -0.2) is 32.3 Å². The summed E-state index contributed by atoms with van der Waals surface area (Å²) in [5, 5.41) is 24.2. The Morgan fingerprint density at radius 3 is 2.46 bits per heavy atom. The van der Waals surface area contributed by atoms with E-state index in [1.165, 1.54) is 23.6 Å². The van der Waals surface area contributed by atoms with Crippen molar-refractivity contribution >= 4 is 28.2 Å². The van der Waals surface area contributed by atoms with Crippen molar-refractivity contribution in [3.05, 3.63) is 83.0 Å². The first-order valence-corrected chi connectivity index (χ1v) is 11.3. The van der Waals surface area contributed by atoms with Gasteiger partial charge in [-0.3, -0.25) is 0 Å². The van der Waals surface area contributed by atoms with Crippen molar-refractivity contribution in [2.45, 2.75) is 31.2 Å². The summed E-state index contributed by atoms with van der Waals surface area (Å²) in [4.78, 5) is 20.1. The van der Waals surface area contributed by atoms with Crippen LogP contribution < -0.4 is 5.32 Å². The van der Waals surface area contributed by atoms with Crippen molar-refractivity contribution in [2.75, 3.05) is 0 Å². The maximum atomic E-state index is 13.5. The molecule has 0 fully saturated rings. The van der Waals surface area contributed by atoms with Gasteiger partial charge < -0.3 is 15.5 Å². The van der Waals surface area contributed by atoms with Crippen LogP contribution in [-0.2, 0) is 12.6 Å². The molecule has 35 heavy (non-hydrogen) atoms. The third-order valence-electron chi connectivity index (χ3n) is 5.47. The number of nitrogens with zero attached hydrogens (tertiary/aromatic N) is 2. The van der Waals surface area contributed by atoms with E-state index in [0.717, 1.165) is 40.1 Å². The van der Waals surface area contributed by atoms with E-state index >= 15 is 0 Å². The Kier molecular flexibility index (Phi) is 6.99. The molecular formula is C24H19F4N3O3S. The lowest BCUT2D eigenvalue weighted by Crippen LogP contribution is -2.38. The lowest BCUT2D eigenvalue weighted by Gasteiger charge is -2.23. The minimum Gasteiger partial charge on any atom is -0.465 e.